The number of carbonyl (C=O) groups excluding carboxylic acids is 2. The van der Waals surface area contributed by atoms with Crippen LogP contribution < -0.4 is 15.4 Å². The van der Waals surface area contributed by atoms with Crippen molar-refractivity contribution in [3.8, 4) is 5.75 Å². The van der Waals surface area contributed by atoms with E-state index in [1.807, 2.05) is 6.92 Å². The van der Waals surface area contributed by atoms with Gasteiger partial charge in [-0.25, -0.2) is 0 Å². The third kappa shape index (κ3) is 3.76. The molecule has 2 amide bonds. The second kappa shape index (κ2) is 6.64. The summed E-state index contributed by atoms with van der Waals surface area (Å²) in [5, 5.41) is 5.39. The smallest absolute Gasteiger partial charge is 0.253 e. The highest BCUT2D eigenvalue weighted by molar-refractivity contribution is 6.03. The fourth-order valence-electron chi connectivity index (χ4n) is 1.47. The fourth-order valence-corrected chi connectivity index (χ4v) is 1.47. The Kier molecular flexibility index (Phi) is 5.17. The molecular formula is C13H18N2O3. The van der Waals surface area contributed by atoms with Crippen molar-refractivity contribution in [3.05, 3.63) is 23.8 Å². The van der Waals surface area contributed by atoms with Gasteiger partial charge in [0.15, 0.2) is 0 Å². The summed E-state index contributed by atoms with van der Waals surface area (Å²) in [6.07, 6.45) is 0.852. The van der Waals surface area contributed by atoms with E-state index in [1.165, 1.54) is 14.0 Å². The standard InChI is InChI=1S/C13H18N2O3/c1-4-7-14-13(17)11-8-10(18-3)5-6-12(11)15-9(2)16/h5-6,8H,4,7H2,1-3H3,(H,14,17)(H,15,16). The van der Waals surface area contributed by atoms with E-state index in [2.05, 4.69) is 10.6 Å². The highest BCUT2D eigenvalue weighted by Gasteiger charge is 2.13. The first kappa shape index (κ1) is 14.0. The van der Waals surface area contributed by atoms with Crippen LogP contribution in [0.15, 0.2) is 18.2 Å². The van der Waals surface area contributed by atoms with Crippen LogP contribution in [-0.4, -0.2) is 25.5 Å². The summed E-state index contributed by atoms with van der Waals surface area (Å²) in [5.74, 6) is 0.134. The first-order valence-corrected chi connectivity index (χ1v) is 5.82. The molecule has 1 aromatic rings. The number of rotatable bonds is 5. The molecular weight excluding hydrogens is 232 g/mol. The number of benzene rings is 1. The largest absolute Gasteiger partial charge is 0.497 e. The number of ether oxygens (including phenoxy) is 1. The number of anilines is 1. The number of carbonyl (C=O) groups is 2. The van der Waals surface area contributed by atoms with Gasteiger partial charge in [-0.2, -0.15) is 0 Å². The molecule has 0 atom stereocenters. The lowest BCUT2D eigenvalue weighted by Gasteiger charge is -2.11. The van der Waals surface area contributed by atoms with Gasteiger partial charge in [-0.15, -0.1) is 0 Å². The molecule has 0 spiro atoms. The van der Waals surface area contributed by atoms with Crippen LogP contribution in [0.25, 0.3) is 0 Å². The maximum absolute atomic E-state index is 12.0. The number of methoxy groups -OCH3 is 1. The normalized spacial score (nSPS) is 9.72. The highest BCUT2D eigenvalue weighted by atomic mass is 16.5. The molecule has 0 saturated carbocycles. The topological polar surface area (TPSA) is 67.4 Å². The Morgan fingerprint density at radius 2 is 2.06 bits per heavy atom. The van der Waals surface area contributed by atoms with E-state index in [1.54, 1.807) is 18.2 Å². The molecule has 1 rings (SSSR count). The monoisotopic (exact) mass is 250 g/mol. The van der Waals surface area contributed by atoms with Crippen molar-refractivity contribution in [2.75, 3.05) is 19.0 Å². The molecule has 0 aromatic heterocycles. The summed E-state index contributed by atoms with van der Waals surface area (Å²) in [6, 6.07) is 4.96. The SMILES string of the molecule is CCCNC(=O)c1cc(OC)ccc1NC(C)=O. The Balaban J connectivity index is 3.02. The molecule has 5 heteroatoms. The predicted octanol–water partition coefficient (Wildman–Crippen LogP) is 1.79. The Hall–Kier alpha value is -2.04. The van der Waals surface area contributed by atoms with Gasteiger partial charge >= 0.3 is 0 Å². The molecule has 98 valence electrons. The number of amides is 2. The van der Waals surface area contributed by atoms with E-state index in [9.17, 15) is 9.59 Å². The van der Waals surface area contributed by atoms with Crippen molar-refractivity contribution < 1.29 is 14.3 Å². The summed E-state index contributed by atoms with van der Waals surface area (Å²) in [4.78, 5) is 23.0. The number of nitrogens with one attached hydrogen (secondary N) is 2. The molecule has 0 aliphatic heterocycles. The zero-order valence-electron chi connectivity index (χ0n) is 10.9. The van der Waals surface area contributed by atoms with E-state index in [4.69, 9.17) is 4.74 Å². The molecule has 18 heavy (non-hydrogen) atoms. The van der Waals surface area contributed by atoms with Crippen molar-refractivity contribution in [2.24, 2.45) is 0 Å². The van der Waals surface area contributed by atoms with Crippen molar-refractivity contribution in [1.82, 2.24) is 5.32 Å². The van der Waals surface area contributed by atoms with Gasteiger partial charge in [0.2, 0.25) is 5.91 Å². The third-order valence-electron chi connectivity index (χ3n) is 2.32. The molecule has 0 aliphatic rings. The van der Waals surface area contributed by atoms with Crippen LogP contribution in [0.1, 0.15) is 30.6 Å². The minimum absolute atomic E-state index is 0.218. The van der Waals surface area contributed by atoms with Gasteiger partial charge in [0.05, 0.1) is 18.4 Å². The lowest BCUT2D eigenvalue weighted by atomic mass is 10.1. The molecule has 0 saturated heterocycles. The average Bonchev–Trinajstić information content (AvgIpc) is 2.35. The van der Waals surface area contributed by atoms with Gasteiger partial charge in [0, 0.05) is 13.5 Å². The van der Waals surface area contributed by atoms with Crippen LogP contribution in [0.4, 0.5) is 5.69 Å². The Morgan fingerprint density at radius 3 is 2.61 bits per heavy atom. The Bertz CT molecular complexity index is 444. The van der Waals surface area contributed by atoms with Gasteiger partial charge in [0.25, 0.3) is 5.91 Å². The van der Waals surface area contributed by atoms with Crippen LogP contribution in [0.3, 0.4) is 0 Å². The van der Waals surface area contributed by atoms with Crippen molar-refractivity contribution >= 4 is 17.5 Å². The first-order chi connectivity index (χ1) is 8.58. The quantitative estimate of drug-likeness (QED) is 0.837. The molecule has 0 bridgehead atoms. The molecule has 1 aromatic carbocycles. The van der Waals surface area contributed by atoms with Crippen LogP contribution in [-0.2, 0) is 4.79 Å². The molecule has 2 N–H and O–H groups in total. The maximum atomic E-state index is 12.0. The fraction of sp³-hybridized carbons (Fsp3) is 0.385. The van der Waals surface area contributed by atoms with Crippen LogP contribution in [0.5, 0.6) is 5.75 Å². The zero-order valence-corrected chi connectivity index (χ0v) is 10.9. The summed E-state index contributed by atoms with van der Waals surface area (Å²) in [7, 11) is 1.53. The number of hydrogen-bond donors (Lipinski definition) is 2. The van der Waals surface area contributed by atoms with E-state index in [0.717, 1.165) is 6.42 Å². The average molecular weight is 250 g/mol. The van der Waals surface area contributed by atoms with Gasteiger partial charge in [-0.05, 0) is 24.6 Å². The van der Waals surface area contributed by atoms with Crippen LogP contribution >= 0.6 is 0 Å². The van der Waals surface area contributed by atoms with Crippen molar-refractivity contribution in [2.45, 2.75) is 20.3 Å². The third-order valence-corrected chi connectivity index (χ3v) is 2.32. The Morgan fingerprint density at radius 1 is 1.33 bits per heavy atom. The summed E-state index contributed by atoms with van der Waals surface area (Å²) in [6.45, 7) is 3.97. The molecule has 0 unspecified atom stereocenters. The Labute approximate surface area is 107 Å². The molecule has 0 aliphatic carbocycles. The molecule has 0 fully saturated rings. The van der Waals surface area contributed by atoms with Crippen molar-refractivity contribution in [3.63, 3.8) is 0 Å². The van der Waals surface area contributed by atoms with Gasteiger partial charge in [-0.3, -0.25) is 9.59 Å². The van der Waals surface area contributed by atoms with Crippen LogP contribution in [0, 0.1) is 0 Å². The molecule has 5 nitrogen and oxygen atoms in total. The second-order valence-electron chi connectivity index (χ2n) is 3.85. The van der Waals surface area contributed by atoms with E-state index >= 15 is 0 Å². The summed E-state index contributed by atoms with van der Waals surface area (Å²) in [5.41, 5.74) is 0.884. The molecule has 0 radical (unpaired) electrons. The van der Waals surface area contributed by atoms with E-state index in [0.29, 0.717) is 23.5 Å². The first-order valence-electron chi connectivity index (χ1n) is 5.82. The van der Waals surface area contributed by atoms with Crippen LogP contribution in [0.2, 0.25) is 0 Å². The highest BCUT2D eigenvalue weighted by Crippen LogP contribution is 2.22. The maximum Gasteiger partial charge on any atom is 0.253 e. The summed E-state index contributed by atoms with van der Waals surface area (Å²) >= 11 is 0. The second-order valence-corrected chi connectivity index (χ2v) is 3.85. The lowest BCUT2D eigenvalue weighted by Crippen LogP contribution is -2.25. The van der Waals surface area contributed by atoms with E-state index < -0.39 is 0 Å². The number of hydrogen-bond acceptors (Lipinski definition) is 3. The minimum atomic E-state index is -0.223. The lowest BCUT2D eigenvalue weighted by molar-refractivity contribution is -0.114. The van der Waals surface area contributed by atoms with Gasteiger partial charge < -0.3 is 15.4 Å². The predicted molar refractivity (Wildman–Crippen MR) is 69.9 cm³/mol. The van der Waals surface area contributed by atoms with E-state index in [-0.39, 0.29) is 11.8 Å². The van der Waals surface area contributed by atoms with Crippen molar-refractivity contribution in [1.29, 1.82) is 0 Å². The minimum Gasteiger partial charge on any atom is -0.497 e. The molecule has 0 heterocycles. The zero-order chi connectivity index (χ0) is 13.5. The summed E-state index contributed by atoms with van der Waals surface area (Å²) < 4.78 is 5.08. The van der Waals surface area contributed by atoms with Gasteiger partial charge in [-0.1, -0.05) is 6.92 Å². The van der Waals surface area contributed by atoms with Gasteiger partial charge in [0.1, 0.15) is 5.75 Å².